The number of imidazole rings is 1. The molecule has 21 heavy (non-hydrogen) atoms. The van der Waals surface area contributed by atoms with Crippen molar-refractivity contribution in [2.45, 2.75) is 0 Å². The number of fused-ring (bicyclic) bond motifs is 1. The fourth-order valence-electron chi connectivity index (χ4n) is 2.29. The van der Waals surface area contributed by atoms with Gasteiger partial charge in [-0.25, -0.2) is 4.79 Å². The first-order valence-corrected chi connectivity index (χ1v) is 6.48. The molecule has 0 unspecified atom stereocenters. The third kappa shape index (κ3) is 2.09. The number of nitrogens with zero attached hydrogens (tertiary/aromatic N) is 3. The van der Waals surface area contributed by atoms with E-state index in [1.54, 1.807) is 37.4 Å². The molecule has 1 aromatic heterocycles. The zero-order valence-corrected chi connectivity index (χ0v) is 11.7. The van der Waals surface area contributed by atoms with Crippen LogP contribution in [0.15, 0.2) is 47.3 Å². The lowest BCUT2D eigenvalue weighted by molar-refractivity contribution is -0.384. The summed E-state index contributed by atoms with van der Waals surface area (Å²) in [4.78, 5) is 22.6. The Balaban J connectivity index is 2.29. The van der Waals surface area contributed by atoms with Crippen LogP contribution in [0.1, 0.15) is 0 Å². The number of halogens is 1. The Bertz CT molecular complexity index is 910. The largest absolute Gasteiger partial charge is 0.333 e. The van der Waals surface area contributed by atoms with E-state index < -0.39 is 4.92 Å². The van der Waals surface area contributed by atoms with E-state index in [-0.39, 0.29) is 11.4 Å². The minimum absolute atomic E-state index is 0.0231. The van der Waals surface area contributed by atoms with E-state index in [2.05, 4.69) is 0 Å². The summed E-state index contributed by atoms with van der Waals surface area (Å²) in [5.41, 5.74) is 1.69. The summed E-state index contributed by atoms with van der Waals surface area (Å²) in [6.07, 6.45) is 0. The number of nitro benzene ring substituents is 1. The van der Waals surface area contributed by atoms with E-state index in [9.17, 15) is 14.9 Å². The number of non-ortho nitro benzene ring substituents is 1. The Morgan fingerprint density at radius 2 is 1.76 bits per heavy atom. The zero-order valence-electron chi connectivity index (χ0n) is 11.0. The SMILES string of the molecule is Cn1c(=O)n(-c2ccc([N+](=O)[O-])cc2)c2cc(Cl)ccc21. The smallest absolute Gasteiger partial charge is 0.295 e. The zero-order chi connectivity index (χ0) is 15.1. The number of aromatic nitrogens is 2. The van der Waals surface area contributed by atoms with Gasteiger partial charge in [0, 0.05) is 24.2 Å². The first kappa shape index (κ1) is 13.4. The Morgan fingerprint density at radius 3 is 2.38 bits per heavy atom. The second-order valence-corrected chi connectivity index (χ2v) is 5.02. The molecule has 0 spiro atoms. The molecule has 0 aliphatic rings. The van der Waals surface area contributed by atoms with Crippen molar-refractivity contribution >= 4 is 28.3 Å². The van der Waals surface area contributed by atoms with Crippen LogP contribution in [0, 0.1) is 10.1 Å². The van der Waals surface area contributed by atoms with Gasteiger partial charge in [0.2, 0.25) is 0 Å². The molecule has 1 heterocycles. The van der Waals surface area contributed by atoms with Gasteiger partial charge in [-0.2, -0.15) is 0 Å². The molecule has 0 N–H and O–H groups in total. The Hall–Kier alpha value is -2.60. The molecule has 0 bridgehead atoms. The first-order valence-electron chi connectivity index (χ1n) is 6.11. The molecule has 3 aromatic rings. The number of aryl methyl sites for hydroxylation is 1. The highest BCUT2D eigenvalue weighted by atomic mass is 35.5. The van der Waals surface area contributed by atoms with Crippen molar-refractivity contribution in [2.24, 2.45) is 7.05 Å². The van der Waals surface area contributed by atoms with E-state index in [0.717, 1.165) is 5.52 Å². The number of benzene rings is 2. The van der Waals surface area contributed by atoms with Crippen LogP contribution < -0.4 is 5.69 Å². The van der Waals surface area contributed by atoms with Crippen LogP contribution >= 0.6 is 11.6 Å². The molecule has 7 heteroatoms. The summed E-state index contributed by atoms with van der Waals surface area (Å²) in [5.74, 6) is 0. The molecule has 0 atom stereocenters. The van der Waals surface area contributed by atoms with Crippen LogP contribution in [0.3, 0.4) is 0 Å². The maximum atomic E-state index is 12.4. The van der Waals surface area contributed by atoms with Crippen molar-refractivity contribution in [3.8, 4) is 5.69 Å². The molecule has 0 saturated heterocycles. The normalized spacial score (nSPS) is 11.0. The lowest BCUT2D eigenvalue weighted by Crippen LogP contribution is -2.20. The second kappa shape index (κ2) is 4.75. The van der Waals surface area contributed by atoms with Gasteiger partial charge in [-0.05, 0) is 30.3 Å². The minimum Gasteiger partial charge on any atom is -0.295 e. The van der Waals surface area contributed by atoms with E-state index in [1.807, 2.05) is 0 Å². The van der Waals surface area contributed by atoms with Gasteiger partial charge in [-0.3, -0.25) is 19.2 Å². The van der Waals surface area contributed by atoms with Gasteiger partial charge in [-0.1, -0.05) is 11.6 Å². The Morgan fingerprint density at radius 1 is 1.10 bits per heavy atom. The van der Waals surface area contributed by atoms with Gasteiger partial charge >= 0.3 is 5.69 Å². The van der Waals surface area contributed by atoms with Crippen LogP contribution in [-0.4, -0.2) is 14.1 Å². The molecule has 106 valence electrons. The van der Waals surface area contributed by atoms with Crippen molar-refractivity contribution in [3.05, 3.63) is 68.1 Å². The summed E-state index contributed by atoms with van der Waals surface area (Å²) in [6, 6.07) is 11.0. The molecule has 2 aromatic carbocycles. The maximum absolute atomic E-state index is 12.4. The summed E-state index contributed by atoms with van der Waals surface area (Å²) in [6.45, 7) is 0. The molecule has 0 aliphatic heterocycles. The van der Waals surface area contributed by atoms with Gasteiger partial charge in [0.05, 0.1) is 21.6 Å². The van der Waals surface area contributed by atoms with E-state index in [0.29, 0.717) is 16.2 Å². The van der Waals surface area contributed by atoms with Crippen molar-refractivity contribution < 1.29 is 4.92 Å². The summed E-state index contributed by atoms with van der Waals surface area (Å²) in [7, 11) is 1.67. The Labute approximate surface area is 124 Å². The maximum Gasteiger partial charge on any atom is 0.333 e. The van der Waals surface area contributed by atoms with E-state index in [1.165, 1.54) is 21.3 Å². The van der Waals surface area contributed by atoms with Crippen LogP contribution in [0.4, 0.5) is 5.69 Å². The molecule has 6 nitrogen and oxygen atoms in total. The summed E-state index contributed by atoms with van der Waals surface area (Å²) >= 11 is 5.99. The van der Waals surface area contributed by atoms with Crippen LogP contribution in [0.5, 0.6) is 0 Å². The van der Waals surface area contributed by atoms with Gasteiger partial charge in [0.1, 0.15) is 0 Å². The van der Waals surface area contributed by atoms with Crippen LogP contribution in [0.25, 0.3) is 16.7 Å². The summed E-state index contributed by atoms with van der Waals surface area (Å²) < 4.78 is 2.98. The lowest BCUT2D eigenvalue weighted by Gasteiger charge is -2.03. The second-order valence-electron chi connectivity index (χ2n) is 4.58. The minimum atomic E-state index is -0.480. The highest BCUT2D eigenvalue weighted by molar-refractivity contribution is 6.31. The number of hydrogen-bond acceptors (Lipinski definition) is 3. The van der Waals surface area contributed by atoms with Crippen LogP contribution in [0.2, 0.25) is 5.02 Å². The molecule has 0 amide bonds. The monoisotopic (exact) mass is 303 g/mol. The lowest BCUT2D eigenvalue weighted by atomic mass is 10.2. The van der Waals surface area contributed by atoms with Crippen molar-refractivity contribution in [3.63, 3.8) is 0 Å². The average Bonchev–Trinajstić information content (AvgIpc) is 2.70. The van der Waals surface area contributed by atoms with Crippen LogP contribution in [-0.2, 0) is 7.05 Å². The fraction of sp³-hybridized carbons (Fsp3) is 0.0714. The fourth-order valence-corrected chi connectivity index (χ4v) is 2.45. The molecule has 3 rings (SSSR count). The van der Waals surface area contributed by atoms with E-state index in [4.69, 9.17) is 11.6 Å². The first-order chi connectivity index (χ1) is 9.99. The molecule has 0 aliphatic carbocycles. The Kier molecular flexibility index (Phi) is 3.03. The van der Waals surface area contributed by atoms with Gasteiger partial charge in [-0.15, -0.1) is 0 Å². The van der Waals surface area contributed by atoms with Crippen molar-refractivity contribution in [1.29, 1.82) is 0 Å². The topological polar surface area (TPSA) is 70.1 Å². The van der Waals surface area contributed by atoms with Gasteiger partial charge < -0.3 is 0 Å². The number of rotatable bonds is 2. The molecular weight excluding hydrogens is 294 g/mol. The van der Waals surface area contributed by atoms with Gasteiger partial charge in [0.15, 0.2) is 0 Å². The van der Waals surface area contributed by atoms with Crippen molar-refractivity contribution in [1.82, 2.24) is 9.13 Å². The highest BCUT2D eigenvalue weighted by Gasteiger charge is 2.13. The van der Waals surface area contributed by atoms with Gasteiger partial charge in [0.25, 0.3) is 5.69 Å². The van der Waals surface area contributed by atoms with E-state index >= 15 is 0 Å². The third-order valence-corrected chi connectivity index (χ3v) is 3.57. The molecular formula is C14H10ClN3O3. The summed E-state index contributed by atoms with van der Waals surface area (Å²) in [5, 5.41) is 11.2. The van der Waals surface area contributed by atoms with Crippen molar-refractivity contribution in [2.75, 3.05) is 0 Å². The third-order valence-electron chi connectivity index (χ3n) is 3.34. The highest BCUT2D eigenvalue weighted by Crippen LogP contribution is 2.22. The number of nitro groups is 1. The number of hydrogen-bond donors (Lipinski definition) is 0. The standard InChI is InChI=1S/C14H10ClN3O3/c1-16-12-7-2-9(15)8-13(12)17(14(16)19)10-3-5-11(6-4-10)18(20)21/h2-8H,1H3. The predicted molar refractivity (Wildman–Crippen MR) is 80.2 cm³/mol. The quantitative estimate of drug-likeness (QED) is 0.540. The molecule has 0 saturated carbocycles. The molecule has 0 fully saturated rings. The molecule has 0 radical (unpaired) electrons. The predicted octanol–water partition coefficient (Wildman–Crippen LogP) is 2.89. The average molecular weight is 304 g/mol.